The molecule has 0 fully saturated rings. The smallest absolute Gasteiger partial charge is 0.293 e. The fourth-order valence-electron chi connectivity index (χ4n) is 2.26. The molecule has 0 aliphatic carbocycles. The SMILES string of the molecule is NS(=O)(=O)c1ccc(NCCC(=O)NCCSc2ccccc2)c([N+](=O)[O-])c1. The number of nitrogens with two attached hydrogens (primary N) is 1. The molecule has 0 atom stereocenters. The molecule has 0 spiro atoms. The maximum Gasteiger partial charge on any atom is 0.293 e. The molecule has 0 radical (unpaired) electrons. The Labute approximate surface area is 166 Å². The number of hydrogen-bond acceptors (Lipinski definition) is 7. The van der Waals surface area contributed by atoms with Crippen LogP contribution in [-0.4, -0.2) is 38.1 Å². The lowest BCUT2D eigenvalue weighted by Gasteiger charge is -2.09. The zero-order chi connectivity index (χ0) is 20.6. The highest BCUT2D eigenvalue weighted by atomic mass is 32.2. The second-order valence-electron chi connectivity index (χ2n) is 5.67. The van der Waals surface area contributed by atoms with Gasteiger partial charge in [0.05, 0.1) is 9.82 Å². The Hall–Kier alpha value is -2.63. The first-order valence-electron chi connectivity index (χ1n) is 8.27. The van der Waals surface area contributed by atoms with Crippen molar-refractivity contribution in [2.75, 3.05) is 24.2 Å². The molecule has 0 aliphatic rings. The number of nitro benzene ring substituents is 1. The molecule has 28 heavy (non-hydrogen) atoms. The largest absolute Gasteiger partial charge is 0.379 e. The van der Waals surface area contributed by atoms with E-state index in [1.807, 2.05) is 30.3 Å². The molecule has 1 amide bonds. The summed E-state index contributed by atoms with van der Waals surface area (Å²) in [7, 11) is -4.04. The van der Waals surface area contributed by atoms with Gasteiger partial charge in [-0.1, -0.05) is 18.2 Å². The molecule has 9 nitrogen and oxygen atoms in total. The highest BCUT2D eigenvalue weighted by Gasteiger charge is 2.19. The molecule has 0 unspecified atom stereocenters. The van der Waals surface area contributed by atoms with E-state index < -0.39 is 20.6 Å². The fourth-order valence-corrected chi connectivity index (χ4v) is 3.59. The third-order valence-corrected chi connectivity index (χ3v) is 5.52. The van der Waals surface area contributed by atoms with Gasteiger partial charge in [-0.05, 0) is 24.3 Å². The van der Waals surface area contributed by atoms with Gasteiger partial charge in [-0.25, -0.2) is 13.6 Å². The Balaban J connectivity index is 1.79. The number of nitro groups is 1. The first-order valence-corrected chi connectivity index (χ1v) is 10.8. The van der Waals surface area contributed by atoms with Crippen LogP contribution >= 0.6 is 11.8 Å². The predicted molar refractivity (Wildman–Crippen MR) is 108 cm³/mol. The number of amides is 1. The summed E-state index contributed by atoms with van der Waals surface area (Å²) in [6, 6.07) is 13.1. The second-order valence-corrected chi connectivity index (χ2v) is 8.40. The van der Waals surface area contributed by atoms with Crippen LogP contribution in [0, 0.1) is 10.1 Å². The molecule has 2 aromatic rings. The van der Waals surface area contributed by atoms with Crippen LogP contribution in [0.1, 0.15) is 6.42 Å². The minimum Gasteiger partial charge on any atom is -0.379 e. The number of primary sulfonamides is 1. The van der Waals surface area contributed by atoms with Gasteiger partial charge >= 0.3 is 0 Å². The van der Waals surface area contributed by atoms with Gasteiger partial charge in [0, 0.05) is 36.2 Å². The van der Waals surface area contributed by atoms with E-state index in [1.165, 1.54) is 12.1 Å². The van der Waals surface area contributed by atoms with Crippen molar-refractivity contribution in [3.63, 3.8) is 0 Å². The van der Waals surface area contributed by atoms with Crippen LogP contribution in [0.3, 0.4) is 0 Å². The lowest BCUT2D eigenvalue weighted by atomic mass is 10.2. The van der Waals surface area contributed by atoms with Crippen LogP contribution in [0.5, 0.6) is 0 Å². The number of rotatable bonds is 10. The summed E-state index contributed by atoms with van der Waals surface area (Å²) < 4.78 is 22.6. The van der Waals surface area contributed by atoms with Gasteiger partial charge in [0.2, 0.25) is 15.9 Å². The summed E-state index contributed by atoms with van der Waals surface area (Å²) in [5, 5.41) is 21.7. The maximum absolute atomic E-state index is 11.9. The number of benzene rings is 2. The van der Waals surface area contributed by atoms with Crippen molar-refractivity contribution >= 4 is 39.1 Å². The minimum atomic E-state index is -4.04. The Kier molecular flexibility index (Phi) is 7.79. The molecule has 150 valence electrons. The van der Waals surface area contributed by atoms with E-state index in [1.54, 1.807) is 11.8 Å². The topological polar surface area (TPSA) is 144 Å². The lowest BCUT2D eigenvalue weighted by molar-refractivity contribution is -0.384. The number of sulfonamides is 1. The zero-order valence-corrected chi connectivity index (χ0v) is 16.5. The third-order valence-electron chi connectivity index (χ3n) is 3.60. The third kappa shape index (κ3) is 6.83. The second kappa shape index (κ2) is 10.1. The van der Waals surface area contributed by atoms with E-state index >= 15 is 0 Å². The molecule has 4 N–H and O–H groups in total. The number of nitrogens with one attached hydrogen (secondary N) is 2. The normalized spacial score (nSPS) is 11.0. The Morgan fingerprint density at radius 3 is 2.50 bits per heavy atom. The summed E-state index contributed by atoms with van der Waals surface area (Å²) in [6.07, 6.45) is 0.115. The molecule has 0 saturated carbocycles. The zero-order valence-electron chi connectivity index (χ0n) is 14.8. The molecule has 0 aliphatic heterocycles. The lowest BCUT2D eigenvalue weighted by Crippen LogP contribution is -2.27. The highest BCUT2D eigenvalue weighted by molar-refractivity contribution is 7.99. The minimum absolute atomic E-state index is 0.115. The van der Waals surface area contributed by atoms with Crippen LogP contribution < -0.4 is 15.8 Å². The summed E-state index contributed by atoms with van der Waals surface area (Å²) in [6.45, 7) is 0.662. The molecule has 2 rings (SSSR count). The van der Waals surface area contributed by atoms with Crippen molar-refractivity contribution < 1.29 is 18.1 Å². The number of carbonyl (C=O) groups is 1. The predicted octanol–water partition coefficient (Wildman–Crippen LogP) is 1.95. The highest BCUT2D eigenvalue weighted by Crippen LogP contribution is 2.27. The van der Waals surface area contributed by atoms with Crippen molar-refractivity contribution in [2.45, 2.75) is 16.2 Å². The van der Waals surface area contributed by atoms with Crippen LogP contribution in [0.2, 0.25) is 0 Å². The molecule has 0 bridgehead atoms. The van der Waals surface area contributed by atoms with E-state index in [-0.39, 0.29) is 29.5 Å². The van der Waals surface area contributed by atoms with Gasteiger partial charge in [0.1, 0.15) is 5.69 Å². The first kappa shape index (κ1) is 21.7. The number of thioether (sulfide) groups is 1. The number of hydrogen-bond donors (Lipinski definition) is 3. The Bertz CT molecular complexity index is 936. The van der Waals surface area contributed by atoms with E-state index in [2.05, 4.69) is 10.6 Å². The van der Waals surface area contributed by atoms with E-state index in [9.17, 15) is 23.3 Å². The molecule has 0 saturated heterocycles. The van der Waals surface area contributed by atoms with Gasteiger partial charge in [-0.3, -0.25) is 14.9 Å². The molecule has 2 aromatic carbocycles. The number of carbonyl (C=O) groups excluding carboxylic acids is 1. The van der Waals surface area contributed by atoms with Crippen molar-refractivity contribution in [3.05, 3.63) is 58.6 Å². The number of nitrogens with zero attached hydrogens (tertiary/aromatic N) is 1. The van der Waals surface area contributed by atoms with Gasteiger partial charge in [0.15, 0.2) is 0 Å². The van der Waals surface area contributed by atoms with E-state index in [4.69, 9.17) is 5.14 Å². The fraction of sp³-hybridized carbons (Fsp3) is 0.235. The molecular weight excluding hydrogens is 404 g/mol. The summed E-state index contributed by atoms with van der Waals surface area (Å²) in [5.41, 5.74) is -0.309. The van der Waals surface area contributed by atoms with Crippen molar-refractivity contribution in [2.24, 2.45) is 5.14 Å². The van der Waals surface area contributed by atoms with Crippen molar-refractivity contribution in [1.82, 2.24) is 5.32 Å². The average Bonchev–Trinajstić information content (AvgIpc) is 2.65. The van der Waals surface area contributed by atoms with Crippen LogP contribution in [0.25, 0.3) is 0 Å². The summed E-state index contributed by atoms with van der Waals surface area (Å²) in [5.74, 6) is 0.536. The van der Waals surface area contributed by atoms with Crippen LogP contribution in [0.4, 0.5) is 11.4 Å². The molecule has 0 aromatic heterocycles. The van der Waals surface area contributed by atoms with Crippen LogP contribution in [-0.2, 0) is 14.8 Å². The summed E-state index contributed by atoms with van der Waals surface area (Å²) >= 11 is 1.63. The number of anilines is 1. The van der Waals surface area contributed by atoms with Crippen molar-refractivity contribution in [3.8, 4) is 0 Å². The molecule has 11 heteroatoms. The monoisotopic (exact) mass is 424 g/mol. The van der Waals surface area contributed by atoms with Gasteiger partial charge in [-0.2, -0.15) is 0 Å². The van der Waals surface area contributed by atoms with E-state index in [0.717, 1.165) is 16.7 Å². The van der Waals surface area contributed by atoms with Gasteiger partial charge in [0.25, 0.3) is 5.69 Å². The Morgan fingerprint density at radius 1 is 1.14 bits per heavy atom. The quantitative estimate of drug-likeness (QED) is 0.229. The first-order chi connectivity index (χ1) is 13.3. The van der Waals surface area contributed by atoms with Gasteiger partial charge in [-0.15, -0.1) is 11.8 Å². The average molecular weight is 425 g/mol. The summed E-state index contributed by atoms with van der Waals surface area (Å²) in [4.78, 5) is 23.1. The molecular formula is C17H20N4O5S2. The van der Waals surface area contributed by atoms with Gasteiger partial charge < -0.3 is 10.6 Å². The van der Waals surface area contributed by atoms with Crippen molar-refractivity contribution in [1.29, 1.82) is 0 Å². The standard InChI is InChI=1S/C17H20N4O5S2/c18-28(25,26)14-6-7-15(16(12-14)21(23)24)19-9-8-17(22)20-10-11-27-13-4-2-1-3-5-13/h1-7,12,19H,8-11H2,(H,20,22)(H2,18,25,26). The Morgan fingerprint density at radius 2 is 1.86 bits per heavy atom. The van der Waals surface area contributed by atoms with Crippen LogP contribution in [0.15, 0.2) is 58.3 Å². The maximum atomic E-state index is 11.9. The molecule has 0 heterocycles. The van der Waals surface area contributed by atoms with E-state index in [0.29, 0.717) is 6.54 Å².